The number of hydrogen-bond acceptors (Lipinski definition) is 7. The van der Waals surface area contributed by atoms with Crippen LogP contribution in [0.2, 0.25) is 5.02 Å². The molecule has 2 aromatic carbocycles. The summed E-state index contributed by atoms with van der Waals surface area (Å²) in [5, 5.41) is 14.6. The van der Waals surface area contributed by atoms with Crippen LogP contribution in [0.25, 0.3) is 21.7 Å². The number of morpholine rings is 1. The molecule has 11 heteroatoms. The van der Waals surface area contributed by atoms with Crippen molar-refractivity contribution < 1.29 is 19.1 Å². The van der Waals surface area contributed by atoms with Crippen molar-refractivity contribution in [1.82, 2.24) is 14.9 Å². The molecule has 8 nitrogen and oxygen atoms in total. The van der Waals surface area contributed by atoms with Gasteiger partial charge in [0.25, 0.3) is 0 Å². The predicted molar refractivity (Wildman–Crippen MR) is 146 cm³/mol. The molecule has 0 radical (unpaired) electrons. The SMILES string of the molecule is O=C(Nc1ccc(Cl)cc1F)N(O)c1cccc(-c2sc(CCN3CCOCC3)nc2-c2ccncc2)c1. The monoisotopic (exact) mass is 553 g/mol. The Balaban J connectivity index is 1.40. The zero-order chi connectivity index (χ0) is 26.5. The molecule has 196 valence electrons. The van der Waals surface area contributed by atoms with Crippen LogP contribution in [0.4, 0.5) is 20.6 Å². The first-order chi connectivity index (χ1) is 18.5. The average Bonchev–Trinajstić information content (AvgIpc) is 3.38. The van der Waals surface area contributed by atoms with Crippen LogP contribution < -0.4 is 10.4 Å². The lowest BCUT2D eigenvalue weighted by Gasteiger charge is -2.25. The Labute approximate surface area is 228 Å². The van der Waals surface area contributed by atoms with Gasteiger partial charge < -0.3 is 10.1 Å². The maximum atomic E-state index is 14.1. The van der Waals surface area contributed by atoms with Crippen LogP contribution >= 0.6 is 22.9 Å². The summed E-state index contributed by atoms with van der Waals surface area (Å²) in [6.45, 7) is 4.19. The van der Waals surface area contributed by atoms with Gasteiger partial charge in [-0.05, 0) is 48.0 Å². The molecule has 0 aliphatic carbocycles. The number of carbonyl (C=O) groups excluding carboxylic acids is 1. The fourth-order valence-corrected chi connectivity index (χ4v) is 5.34. The van der Waals surface area contributed by atoms with Crippen LogP contribution in [0, 0.1) is 5.82 Å². The van der Waals surface area contributed by atoms with Crippen molar-refractivity contribution in [2.24, 2.45) is 0 Å². The van der Waals surface area contributed by atoms with Crippen LogP contribution in [-0.2, 0) is 11.2 Å². The molecule has 2 amide bonds. The van der Waals surface area contributed by atoms with Gasteiger partial charge in [-0.15, -0.1) is 11.3 Å². The van der Waals surface area contributed by atoms with Crippen molar-refractivity contribution >= 4 is 40.3 Å². The third-order valence-electron chi connectivity index (χ3n) is 6.09. The second kappa shape index (κ2) is 12.0. The number of thiazole rings is 1. The van der Waals surface area contributed by atoms with Crippen molar-refractivity contribution in [2.45, 2.75) is 6.42 Å². The van der Waals surface area contributed by atoms with Gasteiger partial charge in [0.15, 0.2) is 0 Å². The molecule has 0 atom stereocenters. The third kappa shape index (κ3) is 6.17. The summed E-state index contributed by atoms with van der Waals surface area (Å²) in [5.41, 5.74) is 2.64. The molecule has 0 unspecified atom stereocenters. The highest BCUT2D eigenvalue weighted by atomic mass is 35.5. The normalized spacial score (nSPS) is 13.9. The van der Waals surface area contributed by atoms with Gasteiger partial charge in [0, 0.05) is 49.0 Å². The Morgan fingerprint density at radius 3 is 2.68 bits per heavy atom. The molecule has 4 aromatic rings. The lowest BCUT2D eigenvalue weighted by atomic mass is 10.1. The summed E-state index contributed by atoms with van der Waals surface area (Å²) in [6, 6.07) is 13.7. The van der Waals surface area contributed by atoms with E-state index in [4.69, 9.17) is 21.3 Å². The van der Waals surface area contributed by atoms with Gasteiger partial charge in [-0.2, -0.15) is 5.06 Å². The molecule has 5 rings (SSSR count). The van der Waals surface area contributed by atoms with E-state index < -0.39 is 11.8 Å². The van der Waals surface area contributed by atoms with Crippen molar-refractivity contribution in [1.29, 1.82) is 0 Å². The van der Waals surface area contributed by atoms with E-state index in [1.165, 1.54) is 12.1 Å². The molecule has 3 heterocycles. The number of ether oxygens (including phenoxy) is 1. The van der Waals surface area contributed by atoms with Crippen molar-refractivity contribution in [3.05, 3.63) is 82.8 Å². The first kappa shape index (κ1) is 26.2. The fraction of sp³-hybridized carbons (Fsp3) is 0.222. The van der Waals surface area contributed by atoms with Crippen LogP contribution in [0.1, 0.15) is 5.01 Å². The van der Waals surface area contributed by atoms with Crippen molar-refractivity contribution in [3.63, 3.8) is 0 Å². The molecule has 0 bridgehead atoms. The van der Waals surface area contributed by atoms with E-state index in [-0.39, 0.29) is 16.4 Å². The number of anilines is 2. The number of nitrogens with one attached hydrogen (secondary N) is 1. The van der Waals surface area contributed by atoms with Gasteiger partial charge in [0.2, 0.25) is 0 Å². The van der Waals surface area contributed by atoms with Crippen molar-refractivity contribution in [2.75, 3.05) is 43.2 Å². The Morgan fingerprint density at radius 2 is 1.92 bits per heavy atom. The van der Waals surface area contributed by atoms with Crippen LogP contribution in [0.3, 0.4) is 0 Å². The second-order valence-corrected chi connectivity index (χ2v) is 10.2. The summed E-state index contributed by atoms with van der Waals surface area (Å²) < 4.78 is 19.6. The van der Waals surface area contributed by atoms with E-state index in [1.54, 1.807) is 41.9 Å². The highest BCUT2D eigenvalue weighted by Gasteiger charge is 2.20. The number of amides is 2. The number of benzene rings is 2. The van der Waals surface area contributed by atoms with Gasteiger partial charge in [-0.25, -0.2) is 14.2 Å². The van der Waals surface area contributed by atoms with Gasteiger partial charge >= 0.3 is 6.03 Å². The van der Waals surface area contributed by atoms with E-state index in [0.29, 0.717) is 5.06 Å². The molecule has 2 N–H and O–H groups in total. The van der Waals surface area contributed by atoms with E-state index in [0.717, 1.165) is 72.0 Å². The number of pyridine rings is 1. The van der Waals surface area contributed by atoms with Gasteiger partial charge in [0.05, 0.1) is 40.2 Å². The number of urea groups is 1. The average molecular weight is 554 g/mol. The maximum Gasteiger partial charge on any atom is 0.350 e. The lowest BCUT2D eigenvalue weighted by Crippen LogP contribution is -2.37. The molecule has 1 saturated heterocycles. The summed E-state index contributed by atoms with van der Waals surface area (Å²) in [4.78, 5) is 25.0. The molecule has 2 aromatic heterocycles. The topological polar surface area (TPSA) is 90.8 Å². The molecule has 0 saturated carbocycles. The molecule has 1 aliphatic rings. The largest absolute Gasteiger partial charge is 0.379 e. The number of nitrogens with zero attached hydrogens (tertiary/aromatic N) is 4. The zero-order valence-corrected chi connectivity index (χ0v) is 21.9. The number of hydrogen-bond donors (Lipinski definition) is 2. The number of rotatable bonds is 7. The number of halogens is 2. The zero-order valence-electron chi connectivity index (χ0n) is 20.3. The number of carbonyl (C=O) groups is 1. The summed E-state index contributed by atoms with van der Waals surface area (Å²) >= 11 is 7.36. The standard InChI is InChI=1S/C27H25ClFN5O3S/c28-20-4-5-23(22(29)17-20)31-27(35)34(36)21-3-1-2-19(16-21)26-25(18-6-9-30-10-7-18)32-24(38-26)8-11-33-12-14-37-15-13-33/h1-7,9-10,16-17,36H,8,11-15H2,(H,31,35). The lowest BCUT2D eigenvalue weighted by molar-refractivity contribution is 0.0384. The number of aromatic nitrogens is 2. The Kier molecular flexibility index (Phi) is 8.26. The molecule has 1 fully saturated rings. The molecule has 1 aliphatic heterocycles. The van der Waals surface area contributed by atoms with Gasteiger partial charge in [-0.1, -0.05) is 23.7 Å². The second-order valence-electron chi connectivity index (χ2n) is 8.64. The maximum absolute atomic E-state index is 14.1. The Morgan fingerprint density at radius 1 is 1.13 bits per heavy atom. The van der Waals surface area contributed by atoms with E-state index >= 15 is 0 Å². The molecular weight excluding hydrogens is 529 g/mol. The first-order valence-electron chi connectivity index (χ1n) is 12.0. The van der Waals surface area contributed by atoms with Crippen LogP contribution in [0.5, 0.6) is 0 Å². The van der Waals surface area contributed by atoms with E-state index in [9.17, 15) is 14.4 Å². The molecule has 0 spiro atoms. The number of hydroxylamine groups is 1. The minimum atomic E-state index is -0.909. The smallest absolute Gasteiger partial charge is 0.350 e. The predicted octanol–water partition coefficient (Wildman–Crippen LogP) is 5.97. The van der Waals surface area contributed by atoms with Crippen molar-refractivity contribution in [3.8, 4) is 21.7 Å². The fourth-order valence-electron chi connectivity index (χ4n) is 4.11. The van der Waals surface area contributed by atoms with Gasteiger partial charge in [-0.3, -0.25) is 15.1 Å². The molecular formula is C27H25ClFN5O3S. The summed E-state index contributed by atoms with van der Waals surface area (Å²) in [6.07, 6.45) is 4.24. The Hall–Kier alpha value is -3.41. The van der Waals surface area contributed by atoms with E-state index in [2.05, 4.69) is 15.2 Å². The quantitative estimate of drug-likeness (QED) is 0.216. The van der Waals surface area contributed by atoms with Crippen LogP contribution in [0.15, 0.2) is 67.0 Å². The highest BCUT2D eigenvalue weighted by Crippen LogP contribution is 2.38. The summed E-state index contributed by atoms with van der Waals surface area (Å²) in [7, 11) is 0. The minimum absolute atomic E-state index is 0.0954. The summed E-state index contributed by atoms with van der Waals surface area (Å²) in [5.74, 6) is -0.704. The molecule has 38 heavy (non-hydrogen) atoms. The highest BCUT2D eigenvalue weighted by molar-refractivity contribution is 7.15. The Bertz CT molecular complexity index is 1420. The van der Waals surface area contributed by atoms with Gasteiger partial charge in [0.1, 0.15) is 5.82 Å². The third-order valence-corrected chi connectivity index (χ3v) is 7.49. The minimum Gasteiger partial charge on any atom is -0.379 e. The first-order valence-corrected chi connectivity index (χ1v) is 13.2. The van der Waals surface area contributed by atoms with Crippen LogP contribution in [-0.4, -0.2) is 59.0 Å². The van der Waals surface area contributed by atoms with E-state index in [1.807, 2.05) is 18.2 Å².